The van der Waals surface area contributed by atoms with Crippen LogP contribution < -0.4 is 0 Å². The summed E-state index contributed by atoms with van der Waals surface area (Å²) in [6, 6.07) is 28.4. The number of hydrogen-bond acceptors (Lipinski definition) is 0. The zero-order valence-corrected chi connectivity index (χ0v) is 32.5. The molecule has 2 aliphatic rings. The van der Waals surface area contributed by atoms with E-state index in [0.29, 0.717) is 29.0 Å². The number of aryl methyl sites for hydroxylation is 1. The third-order valence-corrected chi connectivity index (χ3v) is 15.3. The van der Waals surface area contributed by atoms with Gasteiger partial charge in [0.25, 0.3) is 0 Å². The molecule has 4 aromatic rings. The van der Waals surface area contributed by atoms with Crippen molar-refractivity contribution in [2.75, 3.05) is 0 Å². The van der Waals surface area contributed by atoms with E-state index in [1.54, 1.807) is 20.0 Å². The second kappa shape index (κ2) is 18.6. The monoisotopic (exact) mass is 746 g/mol. The predicted octanol–water partition coefficient (Wildman–Crippen LogP) is 13.0. The quantitative estimate of drug-likeness (QED) is 0.134. The van der Waals surface area contributed by atoms with Crippen LogP contribution in [0.15, 0.2) is 78.9 Å². The first-order valence-electron chi connectivity index (χ1n) is 18.6. The Bertz CT molecular complexity index is 1430. The third-order valence-electron chi connectivity index (χ3n) is 10.5. The molecule has 0 nitrogen and oxygen atoms in total. The van der Waals surface area contributed by atoms with Crippen molar-refractivity contribution < 1.29 is 0 Å². The first-order valence-corrected chi connectivity index (χ1v) is 22.0. The van der Waals surface area contributed by atoms with Crippen molar-refractivity contribution in [1.82, 2.24) is 0 Å². The molecule has 0 unspecified atom stereocenters. The second-order valence-electron chi connectivity index (χ2n) is 14.0. The van der Waals surface area contributed by atoms with Crippen molar-refractivity contribution in [3.63, 3.8) is 0 Å². The van der Waals surface area contributed by atoms with Gasteiger partial charge < -0.3 is 0 Å². The summed E-state index contributed by atoms with van der Waals surface area (Å²) in [7, 11) is 0. The van der Waals surface area contributed by atoms with Gasteiger partial charge in [-0.3, -0.25) is 0 Å². The van der Waals surface area contributed by atoms with Gasteiger partial charge in [-0.1, -0.05) is 0 Å². The van der Waals surface area contributed by atoms with E-state index < -0.39 is 0 Å². The SMILES string of the molecule is CC=Cc1ccc(-c2ccc(C3CCC(CCC)CC3)cc2)[se]1.CCCc1ccc(-c2ccc(C3CCC(CCC)CC3)cc2)[se]1. The number of benzene rings is 2. The van der Waals surface area contributed by atoms with Gasteiger partial charge >= 0.3 is 295 Å². The summed E-state index contributed by atoms with van der Waals surface area (Å²) in [6.45, 7) is 9.02. The fraction of sp³-hybridized carbons (Fsp3) is 0.500. The molecular weight excluding hydrogens is 686 g/mol. The molecule has 0 spiro atoms. The molecule has 0 aliphatic heterocycles. The second-order valence-corrected chi connectivity index (χ2v) is 18.8. The molecule has 2 aromatic carbocycles. The van der Waals surface area contributed by atoms with Crippen molar-refractivity contribution in [2.45, 2.75) is 129 Å². The van der Waals surface area contributed by atoms with Crippen molar-refractivity contribution >= 4 is 35.1 Å². The zero-order chi connectivity index (χ0) is 32.1. The normalized spacial score (nSPS) is 21.7. The molecular formula is C44H58Se2. The molecule has 2 heterocycles. The molecule has 0 bridgehead atoms. The molecule has 0 N–H and O–H groups in total. The van der Waals surface area contributed by atoms with Gasteiger partial charge in [0.15, 0.2) is 0 Å². The van der Waals surface area contributed by atoms with Gasteiger partial charge in [0, 0.05) is 0 Å². The Morgan fingerprint density at radius 1 is 0.543 bits per heavy atom. The van der Waals surface area contributed by atoms with Crippen LogP contribution in [0.2, 0.25) is 0 Å². The minimum absolute atomic E-state index is 0.478. The molecule has 46 heavy (non-hydrogen) atoms. The van der Waals surface area contributed by atoms with Gasteiger partial charge in [-0.05, 0) is 0 Å². The first kappa shape index (κ1) is 35.5. The van der Waals surface area contributed by atoms with Crippen LogP contribution in [-0.4, -0.2) is 29.0 Å². The van der Waals surface area contributed by atoms with Crippen LogP contribution in [-0.2, 0) is 6.42 Å². The maximum atomic E-state index is 2.41. The fourth-order valence-electron chi connectivity index (χ4n) is 7.90. The van der Waals surface area contributed by atoms with E-state index >= 15 is 0 Å². The topological polar surface area (TPSA) is 0 Å². The minimum atomic E-state index is 0.478. The van der Waals surface area contributed by atoms with E-state index in [1.807, 2.05) is 0 Å². The summed E-state index contributed by atoms with van der Waals surface area (Å²) in [5, 5.41) is 0. The van der Waals surface area contributed by atoms with Crippen molar-refractivity contribution in [1.29, 1.82) is 0 Å². The van der Waals surface area contributed by atoms with Gasteiger partial charge in [-0.2, -0.15) is 0 Å². The molecule has 2 saturated carbocycles. The average Bonchev–Trinajstić information content (AvgIpc) is 3.77. The van der Waals surface area contributed by atoms with Crippen LogP contribution in [0.3, 0.4) is 0 Å². The third kappa shape index (κ3) is 10.1. The van der Waals surface area contributed by atoms with Gasteiger partial charge in [-0.15, -0.1) is 0 Å². The molecule has 6 rings (SSSR count). The Labute approximate surface area is 293 Å². The summed E-state index contributed by atoms with van der Waals surface area (Å²) < 4.78 is 6.23. The van der Waals surface area contributed by atoms with E-state index in [2.05, 4.69) is 113 Å². The Balaban J connectivity index is 0.000000181. The van der Waals surface area contributed by atoms with Crippen molar-refractivity contribution in [2.24, 2.45) is 11.8 Å². The Hall–Kier alpha value is -1.82. The molecule has 0 radical (unpaired) electrons. The summed E-state index contributed by atoms with van der Waals surface area (Å²) in [5.74, 6) is 3.62. The molecule has 2 aliphatic carbocycles. The Kier molecular flexibility index (Phi) is 14.4. The molecule has 2 aromatic heterocycles. The van der Waals surface area contributed by atoms with Gasteiger partial charge in [0.05, 0.1) is 0 Å². The molecule has 0 saturated heterocycles. The Morgan fingerprint density at radius 3 is 1.48 bits per heavy atom. The van der Waals surface area contributed by atoms with Crippen LogP contribution in [0.25, 0.3) is 26.1 Å². The van der Waals surface area contributed by atoms with Crippen LogP contribution in [0.1, 0.15) is 143 Å². The fourth-order valence-corrected chi connectivity index (χ4v) is 12.3. The van der Waals surface area contributed by atoms with E-state index in [1.165, 1.54) is 110 Å². The molecule has 0 amide bonds. The van der Waals surface area contributed by atoms with E-state index in [4.69, 9.17) is 0 Å². The maximum absolute atomic E-state index is 2.41. The average molecular weight is 745 g/mol. The number of allylic oxidation sites excluding steroid dienone is 1. The van der Waals surface area contributed by atoms with Gasteiger partial charge in [0.1, 0.15) is 0 Å². The molecule has 2 heteroatoms. The van der Waals surface area contributed by atoms with Crippen LogP contribution in [0.4, 0.5) is 0 Å². The van der Waals surface area contributed by atoms with Crippen LogP contribution in [0, 0.1) is 11.8 Å². The predicted molar refractivity (Wildman–Crippen MR) is 206 cm³/mol. The first-order chi connectivity index (χ1) is 22.6. The van der Waals surface area contributed by atoms with Crippen LogP contribution in [0.5, 0.6) is 0 Å². The van der Waals surface area contributed by atoms with Crippen molar-refractivity contribution in [3.8, 4) is 20.0 Å². The van der Waals surface area contributed by atoms with Gasteiger partial charge in [0.2, 0.25) is 0 Å². The summed E-state index contributed by atoms with van der Waals surface area (Å²) in [6.07, 6.45) is 23.9. The van der Waals surface area contributed by atoms with E-state index in [-0.39, 0.29) is 0 Å². The zero-order valence-electron chi connectivity index (χ0n) is 29.1. The van der Waals surface area contributed by atoms with E-state index in [9.17, 15) is 0 Å². The number of hydrogen-bond donors (Lipinski definition) is 0. The van der Waals surface area contributed by atoms with Crippen molar-refractivity contribution in [3.05, 3.63) is 98.9 Å². The summed E-state index contributed by atoms with van der Waals surface area (Å²) in [5.41, 5.74) is 6.02. The standard InChI is InChI=1S/C22H30Se.C22H28Se/c2*1-3-5-17-7-9-18(10-8-17)19-11-13-20(14-12-19)22-16-15-21(23-22)6-4-2/h11-18H,3-10H2,1-2H3;4,6,11-18H,3,5,7-10H2,1-2H3. The summed E-state index contributed by atoms with van der Waals surface area (Å²) in [4.78, 5) is 0. The van der Waals surface area contributed by atoms with E-state index in [0.717, 1.165) is 23.7 Å². The summed E-state index contributed by atoms with van der Waals surface area (Å²) >= 11 is 1.04. The van der Waals surface area contributed by atoms with Crippen LogP contribution >= 0.6 is 0 Å². The number of rotatable bonds is 11. The Morgan fingerprint density at radius 2 is 1.02 bits per heavy atom. The van der Waals surface area contributed by atoms with Gasteiger partial charge in [-0.25, -0.2) is 0 Å². The molecule has 2 fully saturated rings. The molecule has 0 atom stereocenters. The molecule has 246 valence electrons.